The lowest BCUT2D eigenvalue weighted by molar-refractivity contribution is -0.121. The zero-order valence-corrected chi connectivity index (χ0v) is 10.4. The van der Waals surface area contributed by atoms with E-state index in [2.05, 4.69) is 10.3 Å². The van der Waals surface area contributed by atoms with Crippen molar-refractivity contribution in [3.8, 4) is 0 Å². The first kappa shape index (κ1) is 12.5. The lowest BCUT2D eigenvalue weighted by Crippen LogP contribution is -2.39. The van der Waals surface area contributed by atoms with E-state index < -0.39 is 6.04 Å². The highest BCUT2D eigenvalue weighted by molar-refractivity contribution is 5.82. The highest BCUT2D eigenvalue weighted by Crippen LogP contribution is 2.15. The van der Waals surface area contributed by atoms with Crippen molar-refractivity contribution < 1.29 is 4.79 Å². The van der Waals surface area contributed by atoms with Crippen LogP contribution in [0.2, 0.25) is 0 Å². The normalized spacial score (nSPS) is 12.3. The molecule has 0 radical (unpaired) electrons. The summed E-state index contributed by atoms with van der Waals surface area (Å²) in [6, 6.07) is 9.57. The fourth-order valence-electron chi connectivity index (χ4n) is 1.85. The van der Waals surface area contributed by atoms with E-state index in [9.17, 15) is 4.79 Å². The predicted molar refractivity (Wildman–Crippen MR) is 72.1 cm³/mol. The predicted octanol–water partition coefficient (Wildman–Crippen LogP) is 1.24. The summed E-state index contributed by atoms with van der Waals surface area (Å²) in [5.74, 6) is -0.122. The summed E-state index contributed by atoms with van der Waals surface area (Å²) in [6.07, 6.45) is 2.54. The Morgan fingerprint density at radius 2 is 2.17 bits per heavy atom. The summed E-state index contributed by atoms with van der Waals surface area (Å²) in [6.45, 7) is 2.25. The number of carbonyl (C=O) groups excluding carboxylic acids is 1. The van der Waals surface area contributed by atoms with Crippen LogP contribution >= 0.6 is 0 Å². The van der Waals surface area contributed by atoms with Crippen LogP contribution in [0.4, 0.5) is 0 Å². The molecule has 1 amide bonds. The Balaban J connectivity index is 2.06. The molecule has 1 aromatic carbocycles. The van der Waals surface area contributed by atoms with E-state index in [0.717, 1.165) is 22.9 Å². The number of pyridine rings is 1. The Morgan fingerprint density at radius 1 is 1.39 bits per heavy atom. The molecule has 3 N–H and O–H groups in total. The SMILES string of the molecule is C[C@H](N)C(=O)NCCc1cccc2cccnc12. The first-order chi connectivity index (χ1) is 8.68. The maximum Gasteiger partial charge on any atom is 0.236 e. The Hall–Kier alpha value is -1.94. The molecular weight excluding hydrogens is 226 g/mol. The van der Waals surface area contributed by atoms with Gasteiger partial charge in [0, 0.05) is 18.1 Å². The number of aromatic nitrogens is 1. The van der Waals surface area contributed by atoms with E-state index in [1.807, 2.05) is 30.3 Å². The van der Waals surface area contributed by atoms with Crippen LogP contribution in [0.25, 0.3) is 10.9 Å². The highest BCUT2D eigenvalue weighted by atomic mass is 16.2. The van der Waals surface area contributed by atoms with Crippen LogP contribution in [-0.4, -0.2) is 23.5 Å². The second kappa shape index (κ2) is 5.60. The van der Waals surface area contributed by atoms with E-state index in [1.54, 1.807) is 13.1 Å². The number of amides is 1. The molecule has 1 heterocycles. The van der Waals surface area contributed by atoms with Crippen LogP contribution in [0.3, 0.4) is 0 Å². The molecule has 0 unspecified atom stereocenters. The summed E-state index contributed by atoms with van der Waals surface area (Å²) in [7, 11) is 0. The van der Waals surface area contributed by atoms with Crippen molar-refractivity contribution in [2.45, 2.75) is 19.4 Å². The Kier molecular flexibility index (Phi) is 3.89. The molecule has 0 spiro atoms. The van der Waals surface area contributed by atoms with Gasteiger partial charge in [0.25, 0.3) is 0 Å². The largest absolute Gasteiger partial charge is 0.354 e. The lowest BCUT2D eigenvalue weighted by atomic mass is 10.1. The zero-order valence-electron chi connectivity index (χ0n) is 10.4. The first-order valence-corrected chi connectivity index (χ1v) is 6.04. The molecule has 0 fully saturated rings. The van der Waals surface area contributed by atoms with Crippen LogP contribution in [-0.2, 0) is 11.2 Å². The van der Waals surface area contributed by atoms with E-state index in [0.29, 0.717) is 6.54 Å². The van der Waals surface area contributed by atoms with Gasteiger partial charge in [0.1, 0.15) is 0 Å². The molecule has 1 aromatic heterocycles. The first-order valence-electron chi connectivity index (χ1n) is 6.04. The minimum atomic E-state index is -0.462. The lowest BCUT2D eigenvalue weighted by Gasteiger charge is -2.09. The smallest absolute Gasteiger partial charge is 0.236 e. The van der Waals surface area contributed by atoms with E-state index in [1.165, 1.54) is 0 Å². The third-order valence-electron chi connectivity index (χ3n) is 2.82. The Bertz CT molecular complexity index is 546. The minimum absolute atomic E-state index is 0.122. The summed E-state index contributed by atoms with van der Waals surface area (Å²) < 4.78 is 0. The third kappa shape index (κ3) is 2.84. The maximum absolute atomic E-state index is 11.3. The maximum atomic E-state index is 11.3. The van der Waals surface area contributed by atoms with Gasteiger partial charge in [-0.25, -0.2) is 0 Å². The van der Waals surface area contributed by atoms with Crippen LogP contribution < -0.4 is 11.1 Å². The molecule has 0 aliphatic carbocycles. The second-order valence-electron chi connectivity index (χ2n) is 4.32. The second-order valence-corrected chi connectivity index (χ2v) is 4.32. The molecule has 2 aromatic rings. The van der Waals surface area contributed by atoms with Crippen molar-refractivity contribution >= 4 is 16.8 Å². The summed E-state index contributed by atoms with van der Waals surface area (Å²) >= 11 is 0. The van der Waals surface area contributed by atoms with E-state index in [-0.39, 0.29) is 5.91 Å². The number of carbonyl (C=O) groups is 1. The van der Waals surface area contributed by atoms with Gasteiger partial charge in [-0.05, 0) is 25.0 Å². The minimum Gasteiger partial charge on any atom is -0.354 e. The molecule has 4 nitrogen and oxygen atoms in total. The number of para-hydroxylation sites is 1. The molecule has 1 atom stereocenters. The Morgan fingerprint density at radius 3 is 2.94 bits per heavy atom. The van der Waals surface area contributed by atoms with Gasteiger partial charge in [-0.2, -0.15) is 0 Å². The molecular formula is C14H17N3O. The van der Waals surface area contributed by atoms with Crippen LogP contribution in [0.5, 0.6) is 0 Å². The number of nitrogens with one attached hydrogen (secondary N) is 1. The van der Waals surface area contributed by atoms with E-state index in [4.69, 9.17) is 5.73 Å². The van der Waals surface area contributed by atoms with Crippen molar-refractivity contribution in [2.75, 3.05) is 6.54 Å². The molecule has 0 aliphatic rings. The summed E-state index contributed by atoms with van der Waals surface area (Å²) in [4.78, 5) is 15.7. The summed E-state index contributed by atoms with van der Waals surface area (Å²) in [5.41, 5.74) is 7.61. The van der Waals surface area contributed by atoms with Gasteiger partial charge in [-0.3, -0.25) is 9.78 Å². The monoisotopic (exact) mass is 243 g/mol. The van der Waals surface area contributed by atoms with Gasteiger partial charge >= 0.3 is 0 Å². The molecule has 4 heteroatoms. The molecule has 0 saturated heterocycles. The molecule has 0 bridgehead atoms. The fourth-order valence-corrected chi connectivity index (χ4v) is 1.85. The zero-order chi connectivity index (χ0) is 13.0. The number of benzene rings is 1. The van der Waals surface area contributed by atoms with Gasteiger partial charge in [-0.15, -0.1) is 0 Å². The number of fused-ring (bicyclic) bond motifs is 1. The van der Waals surface area contributed by atoms with Crippen molar-refractivity contribution in [2.24, 2.45) is 5.73 Å². The number of hydrogen-bond acceptors (Lipinski definition) is 3. The standard InChI is InChI=1S/C14H17N3O/c1-10(15)14(18)17-9-7-12-5-2-4-11-6-3-8-16-13(11)12/h2-6,8,10H,7,9,15H2,1H3,(H,17,18)/t10-/m0/s1. The van der Waals surface area contributed by atoms with Gasteiger partial charge in [-0.1, -0.05) is 24.3 Å². The number of nitrogens with zero attached hydrogens (tertiary/aromatic N) is 1. The van der Waals surface area contributed by atoms with Gasteiger partial charge in [0.05, 0.1) is 11.6 Å². The number of hydrogen-bond donors (Lipinski definition) is 2. The average molecular weight is 243 g/mol. The molecule has 94 valence electrons. The summed E-state index contributed by atoms with van der Waals surface area (Å²) in [5, 5.41) is 3.92. The molecule has 18 heavy (non-hydrogen) atoms. The molecule has 2 rings (SSSR count). The van der Waals surface area contributed by atoms with Gasteiger partial charge < -0.3 is 11.1 Å². The third-order valence-corrected chi connectivity index (χ3v) is 2.82. The topological polar surface area (TPSA) is 68.0 Å². The highest BCUT2D eigenvalue weighted by Gasteiger charge is 2.06. The Labute approximate surface area is 106 Å². The van der Waals surface area contributed by atoms with Crippen LogP contribution in [0, 0.1) is 0 Å². The van der Waals surface area contributed by atoms with Gasteiger partial charge in [0.15, 0.2) is 0 Å². The van der Waals surface area contributed by atoms with Crippen molar-refractivity contribution in [3.63, 3.8) is 0 Å². The number of rotatable bonds is 4. The molecule has 0 aliphatic heterocycles. The fraction of sp³-hybridized carbons (Fsp3) is 0.286. The van der Waals surface area contributed by atoms with Crippen molar-refractivity contribution in [3.05, 3.63) is 42.1 Å². The van der Waals surface area contributed by atoms with Gasteiger partial charge in [0.2, 0.25) is 5.91 Å². The molecule has 0 saturated carbocycles. The van der Waals surface area contributed by atoms with E-state index >= 15 is 0 Å². The van der Waals surface area contributed by atoms with Crippen molar-refractivity contribution in [1.82, 2.24) is 10.3 Å². The average Bonchev–Trinajstić information content (AvgIpc) is 2.38. The number of nitrogens with two attached hydrogens (primary N) is 1. The van der Waals surface area contributed by atoms with Crippen LogP contribution in [0.15, 0.2) is 36.5 Å². The van der Waals surface area contributed by atoms with Crippen molar-refractivity contribution in [1.29, 1.82) is 0 Å². The quantitative estimate of drug-likeness (QED) is 0.849. The van der Waals surface area contributed by atoms with Crippen LogP contribution in [0.1, 0.15) is 12.5 Å².